The van der Waals surface area contributed by atoms with Crippen LogP contribution in [-0.2, 0) is 21.2 Å². The molecule has 2 aromatic carbocycles. The average Bonchev–Trinajstić information content (AvgIpc) is 2.61. The normalized spacial score (nSPS) is 12.4. The van der Waals surface area contributed by atoms with Crippen LogP contribution in [0.2, 0.25) is 0 Å². The fraction of sp³-hybridized carbons (Fsp3) is 0.316. The Morgan fingerprint density at radius 3 is 2.32 bits per heavy atom. The van der Waals surface area contributed by atoms with E-state index in [2.05, 4.69) is 5.32 Å². The molecule has 25 heavy (non-hydrogen) atoms. The highest BCUT2D eigenvalue weighted by Gasteiger charge is 2.28. The number of alkyl carbamates (subject to hydrolysis) is 1. The van der Waals surface area contributed by atoms with Gasteiger partial charge in [-0.25, -0.2) is 13.2 Å². The molecule has 1 unspecified atom stereocenters. The van der Waals surface area contributed by atoms with Crippen molar-refractivity contribution >= 4 is 15.9 Å². The number of hydrogen-bond donors (Lipinski definition) is 1. The van der Waals surface area contributed by atoms with Crippen molar-refractivity contribution in [3.8, 4) is 0 Å². The van der Waals surface area contributed by atoms with Crippen molar-refractivity contribution in [1.29, 1.82) is 0 Å². The number of aryl methyl sites for hydroxylation is 1. The highest BCUT2D eigenvalue weighted by atomic mass is 32.2. The predicted molar refractivity (Wildman–Crippen MR) is 96.8 cm³/mol. The van der Waals surface area contributed by atoms with Gasteiger partial charge in [0.1, 0.15) is 12.0 Å². The zero-order valence-electron chi connectivity index (χ0n) is 14.4. The first kappa shape index (κ1) is 19.0. The van der Waals surface area contributed by atoms with Crippen LogP contribution in [0.1, 0.15) is 30.9 Å². The fourth-order valence-corrected chi connectivity index (χ4v) is 4.00. The molecule has 2 aromatic rings. The molecule has 1 amide bonds. The zero-order chi connectivity index (χ0) is 18.3. The average molecular weight is 361 g/mol. The number of nitrogens with one attached hydrogen (secondary N) is 1. The number of amides is 1. The Bertz CT molecular complexity index is 786. The smallest absolute Gasteiger partial charge is 0.408 e. The fourth-order valence-electron chi connectivity index (χ4n) is 2.36. The summed E-state index contributed by atoms with van der Waals surface area (Å²) in [6, 6.07) is 15.8. The lowest BCUT2D eigenvalue weighted by molar-refractivity contribution is 0.138. The third-order valence-corrected chi connectivity index (χ3v) is 5.80. The maximum absolute atomic E-state index is 12.8. The second-order valence-corrected chi connectivity index (χ2v) is 7.97. The number of carbonyl (C=O) groups is 1. The topological polar surface area (TPSA) is 72.5 Å². The van der Waals surface area contributed by atoms with E-state index in [0.717, 1.165) is 11.1 Å². The minimum Gasteiger partial charge on any atom is -0.445 e. The first-order valence-electron chi connectivity index (χ1n) is 8.21. The van der Waals surface area contributed by atoms with Gasteiger partial charge in [-0.05, 0) is 31.0 Å². The lowest BCUT2D eigenvalue weighted by Crippen LogP contribution is -2.41. The van der Waals surface area contributed by atoms with Crippen LogP contribution in [0.5, 0.6) is 0 Å². The van der Waals surface area contributed by atoms with E-state index >= 15 is 0 Å². The van der Waals surface area contributed by atoms with Crippen molar-refractivity contribution in [2.24, 2.45) is 0 Å². The maximum Gasteiger partial charge on any atom is 0.408 e. The van der Waals surface area contributed by atoms with Crippen LogP contribution >= 0.6 is 0 Å². The number of carbonyl (C=O) groups excluding carboxylic acids is 1. The van der Waals surface area contributed by atoms with Crippen molar-refractivity contribution in [2.45, 2.75) is 43.6 Å². The summed E-state index contributed by atoms with van der Waals surface area (Å²) in [4.78, 5) is 12.2. The zero-order valence-corrected chi connectivity index (χ0v) is 15.3. The van der Waals surface area contributed by atoms with E-state index in [1.165, 1.54) is 0 Å². The molecule has 0 heterocycles. The van der Waals surface area contributed by atoms with E-state index in [1.54, 1.807) is 24.3 Å². The van der Waals surface area contributed by atoms with E-state index in [9.17, 15) is 13.2 Å². The summed E-state index contributed by atoms with van der Waals surface area (Å²) in [5.74, 6) is 0. The monoisotopic (exact) mass is 361 g/mol. The summed E-state index contributed by atoms with van der Waals surface area (Å²) in [5.41, 5.74) is 1.81. The van der Waals surface area contributed by atoms with Gasteiger partial charge in [-0.1, -0.05) is 61.4 Å². The van der Waals surface area contributed by atoms with Gasteiger partial charge in [0.15, 0.2) is 9.84 Å². The SMILES string of the molecule is CCCC(NC(=O)OCc1ccccc1)S(=O)(=O)c1ccc(C)cc1. The van der Waals surface area contributed by atoms with Crippen molar-refractivity contribution in [1.82, 2.24) is 5.32 Å². The molecule has 0 radical (unpaired) electrons. The second-order valence-electron chi connectivity index (χ2n) is 5.84. The second kappa shape index (κ2) is 8.67. The molecule has 134 valence electrons. The summed E-state index contributed by atoms with van der Waals surface area (Å²) in [5, 5.41) is 1.48. The summed E-state index contributed by atoms with van der Waals surface area (Å²) >= 11 is 0. The number of hydrogen-bond acceptors (Lipinski definition) is 4. The van der Waals surface area contributed by atoms with Gasteiger partial charge >= 0.3 is 6.09 Å². The summed E-state index contributed by atoms with van der Waals surface area (Å²) < 4.78 is 30.7. The summed E-state index contributed by atoms with van der Waals surface area (Å²) in [7, 11) is -3.67. The Hall–Kier alpha value is -2.34. The van der Waals surface area contributed by atoms with Gasteiger partial charge in [-0.2, -0.15) is 0 Å². The first-order chi connectivity index (χ1) is 11.9. The number of rotatable bonds is 7. The van der Waals surface area contributed by atoms with Gasteiger partial charge in [-0.15, -0.1) is 0 Å². The summed E-state index contributed by atoms with van der Waals surface area (Å²) in [6.07, 6.45) is 0.198. The Morgan fingerprint density at radius 1 is 1.08 bits per heavy atom. The largest absolute Gasteiger partial charge is 0.445 e. The van der Waals surface area contributed by atoms with E-state index in [4.69, 9.17) is 4.74 Å². The van der Waals surface area contributed by atoms with Gasteiger partial charge in [0.05, 0.1) is 4.90 Å². The van der Waals surface area contributed by atoms with Gasteiger partial charge < -0.3 is 10.1 Å². The Morgan fingerprint density at radius 2 is 1.72 bits per heavy atom. The highest BCUT2D eigenvalue weighted by molar-refractivity contribution is 7.92. The molecule has 5 nitrogen and oxygen atoms in total. The minimum atomic E-state index is -3.67. The molecule has 1 N–H and O–H groups in total. The molecule has 2 rings (SSSR count). The molecule has 0 bridgehead atoms. The first-order valence-corrected chi connectivity index (χ1v) is 9.76. The van der Waals surface area contributed by atoms with Crippen LogP contribution in [0.25, 0.3) is 0 Å². The molecule has 0 aliphatic heterocycles. The summed E-state index contributed by atoms with van der Waals surface area (Å²) in [6.45, 7) is 3.85. The van der Waals surface area contributed by atoms with Gasteiger partial charge in [0, 0.05) is 0 Å². The van der Waals surface area contributed by atoms with Gasteiger partial charge in [0.25, 0.3) is 0 Å². The molecular formula is C19H23NO4S. The van der Waals surface area contributed by atoms with Crippen LogP contribution < -0.4 is 5.32 Å². The third-order valence-electron chi connectivity index (χ3n) is 3.77. The standard InChI is InChI=1S/C19H23NO4S/c1-3-7-18(25(22,23)17-12-10-15(2)11-13-17)20-19(21)24-14-16-8-5-4-6-9-16/h4-6,8-13,18H,3,7,14H2,1-2H3,(H,20,21). The van der Waals surface area contributed by atoms with Crippen LogP contribution in [-0.4, -0.2) is 19.9 Å². The minimum absolute atomic E-state index is 0.0934. The molecule has 6 heteroatoms. The van der Waals surface area contributed by atoms with E-state index < -0.39 is 21.3 Å². The Kier molecular flexibility index (Phi) is 6.58. The lowest BCUT2D eigenvalue weighted by Gasteiger charge is -2.19. The number of benzene rings is 2. The van der Waals surface area contributed by atoms with Crippen LogP contribution in [0.15, 0.2) is 59.5 Å². The Labute approximate surface area is 148 Å². The molecule has 0 saturated carbocycles. The van der Waals surface area contributed by atoms with Crippen molar-refractivity contribution in [2.75, 3.05) is 0 Å². The van der Waals surface area contributed by atoms with E-state index in [0.29, 0.717) is 12.8 Å². The van der Waals surface area contributed by atoms with Gasteiger partial charge in [0.2, 0.25) is 0 Å². The number of sulfone groups is 1. The van der Waals surface area contributed by atoms with E-state index in [1.807, 2.05) is 44.2 Å². The third kappa shape index (κ3) is 5.32. The molecular weight excluding hydrogens is 338 g/mol. The van der Waals surface area contributed by atoms with Crippen molar-refractivity contribution in [3.05, 3.63) is 65.7 Å². The molecule has 0 aliphatic rings. The number of ether oxygens (including phenoxy) is 1. The van der Waals surface area contributed by atoms with Crippen molar-refractivity contribution in [3.63, 3.8) is 0 Å². The molecule has 0 saturated heterocycles. The van der Waals surface area contributed by atoms with Crippen LogP contribution in [0, 0.1) is 6.92 Å². The molecule has 0 fully saturated rings. The quantitative estimate of drug-likeness (QED) is 0.814. The van der Waals surface area contributed by atoms with Gasteiger partial charge in [-0.3, -0.25) is 0 Å². The molecule has 0 aliphatic carbocycles. The van der Waals surface area contributed by atoms with E-state index in [-0.39, 0.29) is 11.5 Å². The molecule has 0 aromatic heterocycles. The van der Waals surface area contributed by atoms with Crippen LogP contribution in [0.4, 0.5) is 4.79 Å². The van der Waals surface area contributed by atoms with Crippen LogP contribution in [0.3, 0.4) is 0 Å². The molecule has 0 spiro atoms. The molecule has 1 atom stereocenters. The Balaban J connectivity index is 2.06. The maximum atomic E-state index is 12.8. The predicted octanol–water partition coefficient (Wildman–Crippen LogP) is 3.82. The highest BCUT2D eigenvalue weighted by Crippen LogP contribution is 2.19. The lowest BCUT2D eigenvalue weighted by atomic mass is 10.2. The van der Waals surface area contributed by atoms with Crippen molar-refractivity contribution < 1.29 is 17.9 Å².